The summed E-state index contributed by atoms with van der Waals surface area (Å²) in [5.74, 6) is -3.69. The van der Waals surface area contributed by atoms with Gasteiger partial charge in [0.25, 0.3) is 11.8 Å². The van der Waals surface area contributed by atoms with Gasteiger partial charge in [0, 0.05) is 23.4 Å². The molecule has 1 N–H and O–H groups in total. The first-order valence-corrected chi connectivity index (χ1v) is 9.29. The van der Waals surface area contributed by atoms with Crippen LogP contribution in [0.5, 0.6) is 0 Å². The van der Waals surface area contributed by atoms with E-state index in [1.54, 1.807) is 6.20 Å². The molecule has 2 aromatic heterocycles. The largest absolute Gasteiger partial charge is 0.415 e. The van der Waals surface area contributed by atoms with Crippen LogP contribution in [0.4, 0.5) is 23.2 Å². The standard InChI is InChI=1S/C20H16F4N6O/c1-2-25-13-5-3-4-11(8-13)15-10-30(29-26-15)9-12-6-7-14(21)16(17(12)22)19-27-28-20(31-19)18(23)24/h3-8,10,18,25H,2,9H2,1H3. The first-order valence-electron chi connectivity index (χ1n) is 9.29. The van der Waals surface area contributed by atoms with Crippen LogP contribution in [0, 0.1) is 11.6 Å². The normalized spacial score (nSPS) is 11.3. The van der Waals surface area contributed by atoms with Gasteiger partial charge in [-0.25, -0.2) is 13.5 Å². The first kappa shape index (κ1) is 20.5. The predicted octanol–water partition coefficient (Wildman–Crippen LogP) is 4.69. The number of nitrogens with zero attached hydrogens (tertiary/aromatic N) is 5. The Labute approximate surface area is 173 Å². The highest BCUT2D eigenvalue weighted by molar-refractivity contribution is 5.64. The molecule has 7 nitrogen and oxygen atoms in total. The third-order valence-electron chi connectivity index (χ3n) is 4.42. The molecular formula is C20H16F4N6O. The van der Waals surface area contributed by atoms with Crippen LogP contribution in [0.2, 0.25) is 0 Å². The molecule has 31 heavy (non-hydrogen) atoms. The number of aromatic nitrogens is 5. The van der Waals surface area contributed by atoms with E-state index in [4.69, 9.17) is 4.42 Å². The Bertz CT molecular complexity index is 1210. The van der Waals surface area contributed by atoms with E-state index in [-0.39, 0.29) is 12.1 Å². The zero-order valence-electron chi connectivity index (χ0n) is 16.2. The van der Waals surface area contributed by atoms with Gasteiger partial charge in [0.1, 0.15) is 22.9 Å². The predicted molar refractivity (Wildman–Crippen MR) is 103 cm³/mol. The quantitative estimate of drug-likeness (QED) is 0.427. The Kier molecular flexibility index (Phi) is 5.65. The molecule has 0 aliphatic heterocycles. The lowest BCUT2D eigenvalue weighted by Gasteiger charge is -2.07. The highest BCUT2D eigenvalue weighted by Crippen LogP contribution is 2.30. The molecule has 0 unspecified atom stereocenters. The lowest BCUT2D eigenvalue weighted by molar-refractivity contribution is 0.116. The monoisotopic (exact) mass is 432 g/mol. The number of hydrogen-bond donors (Lipinski definition) is 1. The van der Waals surface area contributed by atoms with E-state index in [0.717, 1.165) is 23.9 Å². The SMILES string of the molecule is CCNc1cccc(-c2cn(Cc3ccc(F)c(-c4nnc(C(F)F)o4)c3F)nn2)c1. The van der Waals surface area contributed by atoms with Crippen molar-refractivity contribution in [2.45, 2.75) is 19.9 Å². The maximum Gasteiger partial charge on any atom is 0.314 e. The number of nitrogens with one attached hydrogen (secondary N) is 1. The van der Waals surface area contributed by atoms with E-state index in [0.29, 0.717) is 5.69 Å². The zero-order valence-corrected chi connectivity index (χ0v) is 16.2. The van der Waals surface area contributed by atoms with E-state index in [2.05, 4.69) is 25.8 Å². The highest BCUT2D eigenvalue weighted by Gasteiger charge is 2.24. The molecule has 2 aromatic carbocycles. The summed E-state index contributed by atoms with van der Waals surface area (Å²) in [7, 11) is 0. The molecule has 4 aromatic rings. The Morgan fingerprint density at radius 2 is 1.94 bits per heavy atom. The number of anilines is 1. The Balaban J connectivity index is 1.61. The van der Waals surface area contributed by atoms with E-state index < -0.39 is 35.4 Å². The molecule has 160 valence electrons. The molecule has 0 fully saturated rings. The summed E-state index contributed by atoms with van der Waals surface area (Å²) in [6.07, 6.45) is -1.43. The molecule has 4 rings (SSSR count). The van der Waals surface area contributed by atoms with Crippen LogP contribution in [0.25, 0.3) is 22.7 Å². The minimum Gasteiger partial charge on any atom is -0.415 e. The van der Waals surface area contributed by atoms with Gasteiger partial charge in [0.05, 0.1) is 12.7 Å². The third-order valence-corrected chi connectivity index (χ3v) is 4.42. The minimum atomic E-state index is -3.05. The fourth-order valence-electron chi connectivity index (χ4n) is 3.01. The summed E-state index contributed by atoms with van der Waals surface area (Å²) in [4.78, 5) is 0. The van der Waals surface area contributed by atoms with Crippen LogP contribution >= 0.6 is 0 Å². The summed E-state index contributed by atoms with van der Waals surface area (Å²) < 4.78 is 60.6. The van der Waals surface area contributed by atoms with Crippen LogP contribution in [0.15, 0.2) is 47.0 Å². The molecular weight excluding hydrogens is 416 g/mol. The molecule has 0 aliphatic rings. The molecule has 0 saturated carbocycles. The van der Waals surface area contributed by atoms with Crippen LogP contribution in [0.1, 0.15) is 24.8 Å². The van der Waals surface area contributed by atoms with Crippen molar-refractivity contribution in [2.24, 2.45) is 0 Å². The van der Waals surface area contributed by atoms with Gasteiger partial charge in [-0.05, 0) is 25.1 Å². The van der Waals surface area contributed by atoms with Gasteiger partial charge in [-0.3, -0.25) is 0 Å². The molecule has 0 saturated heterocycles. The van der Waals surface area contributed by atoms with Gasteiger partial charge in [-0.2, -0.15) is 8.78 Å². The van der Waals surface area contributed by atoms with Gasteiger partial charge in [-0.1, -0.05) is 23.4 Å². The second kappa shape index (κ2) is 8.54. The van der Waals surface area contributed by atoms with Crippen LogP contribution in [-0.4, -0.2) is 31.7 Å². The average Bonchev–Trinajstić information content (AvgIpc) is 3.41. The summed E-state index contributed by atoms with van der Waals surface area (Å²) in [5, 5.41) is 17.7. The molecule has 0 bridgehead atoms. The number of alkyl halides is 2. The van der Waals surface area contributed by atoms with Crippen molar-refractivity contribution in [3.05, 3.63) is 65.7 Å². The summed E-state index contributed by atoms with van der Waals surface area (Å²) >= 11 is 0. The molecule has 0 radical (unpaired) electrons. The third kappa shape index (κ3) is 4.25. The lowest BCUT2D eigenvalue weighted by Crippen LogP contribution is -2.05. The van der Waals surface area contributed by atoms with Gasteiger partial charge >= 0.3 is 6.43 Å². The van der Waals surface area contributed by atoms with Crippen molar-refractivity contribution in [2.75, 3.05) is 11.9 Å². The molecule has 0 amide bonds. The van der Waals surface area contributed by atoms with Crippen LogP contribution in [-0.2, 0) is 6.54 Å². The Hall–Kier alpha value is -3.76. The molecule has 0 aliphatic carbocycles. The fraction of sp³-hybridized carbons (Fsp3) is 0.200. The maximum absolute atomic E-state index is 15.0. The second-order valence-corrected chi connectivity index (χ2v) is 6.55. The van der Waals surface area contributed by atoms with Gasteiger partial charge in [0.15, 0.2) is 0 Å². The smallest absolute Gasteiger partial charge is 0.314 e. The molecule has 2 heterocycles. The van der Waals surface area contributed by atoms with Gasteiger partial charge in [-0.15, -0.1) is 15.3 Å². The minimum absolute atomic E-state index is 0.0473. The van der Waals surface area contributed by atoms with E-state index in [1.165, 1.54) is 10.7 Å². The zero-order chi connectivity index (χ0) is 22.0. The molecule has 0 atom stereocenters. The van der Waals surface area contributed by atoms with E-state index in [9.17, 15) is 17.6 Å². The van der Waals surface area contributed by atoms with Gasteiger partial charge < -0.3 is 9.73 Å². The fourth-order valence-corrected chi connectivity index (χ4v) is 3.01. The van der Waals surface area contributed by atoms with Crippen LogP contribution in [0.3, 0.4) is 0 Å². The van der Waals surface area contributed by atoms with E-state index in [1.807, 2.05) is 31.2 Å². The molecule has 0 spiro atoms. The van der Waals surface area contributed by atoms with Gasteiger partial charge in [0.2, 0.25) is 0 Å². The summed E-state index contributed by atoms with van der Waals surface area (Å²) in [6.45, 7) is 2.67. The Morgan fingerprint density at radius 3 is 2.68 bits per heavy atom. The Morgan fingerprint density at radius 1 is 1.10 bits per heavy atom. The van der Waals surface area contributed by atoms with Crippen molar-refractivity contribution in [1.29, 1.82) is 0 Å². The summed E-state index contributed by atoms with van der Waals surface area (Å²) in [6, 6.07) is 9.79. The van der Waals surface area contributed by atoms with Crippen molar-refractivity contribution in [3.8, 4) is 22.7 Å². The van der Waals surface area contributed by atoms with Crippen molar-refractivity contribution in [1.82, 2.24) is 25.2 Å². The maximum atomic E-state index is 15.0. The van der Waals surface area contributed by atoms with Crippen molar-refractivity contribution >= 4 is 5.69 Å². The number of halogens is 4. The van der Waals surface area contributed by atoms with E-state index >= 15 is 0 Å². The molecule has 11 heteroatoms. The lowest BCUT2D eigenvalue weighted by atomic mass is 10.1. The average molecular weight is 432 g/mol. The number of rotatable bonds is 7. The van der Waals surface area contributed by atoms with Crippen molar-refractivity contribution < 1.29 is 22.0 Å². The number of hydrogen-bond acceptors (Lipinski definition) is 6. The topological polar surface area (TPSA) is 81.7 Å². The van der Waals surface area contributed by atoms with Crippen LogP contribution < -0.4 is 5.32 Å². The first-order chi connectivity index (χ1) is 15.0. The summed E-state index contributed by atoms with van der Waals surface area (Å²) in [5.41, 5.74) is 1.68. The number of benzene rings is 2. The second-order valence-electron chi connectivity index (χ2n) is 6.55. The highest BCUT2D eigenvalue weighted by atomic mass is 19.3. The van der Waals surface area contributed by atoms with Crippen molar-refractivity contribution in [3.63, 3.8) is 0 Å².